The lowest BCUT2D eigenvalue weighted by Gasteiger charge is -2.00. The molecular weight excluding hydrogens is 264 g/mol. The highest BCUT2D eigenvalue weighted by Crippen LogP contribution is 2.16. The average Bonchev–Trinajstić information content (AvgIpc) is 2.68. The molecule has 0 atom stereocenters. The average molecular weight is 282 g/mol. The maximum atomic E-state index is 10.6. The van der Waals surface area contributed by atoms with Gasteiger partial charge in [-0.25, -0.2) is 10.5 Å². The highest BCUT2D eigenvalue weighted by molar-refractivity contribution is 7.99. The molecule has 8 heteroatoms. The quantitative estimate of drug-likeness (QED) is 0.431. The Morgan fingerprint density at radius 2 is 2.11 bits per heavy atom. The van der Waals surface area contributed by atoms with Crippen molar-refractivity contribution in [3.05, 3.63) is 0 Å². The molecule has 0 saturated heterocycles. The number of nitrogens with zero attached hydrogens (tertiary/aromatic N) is 3. The Morgan fingerprint density at radius 1 is 1.37 bits per heavy atom. The number of hydrazone groups is 1. The Bertz CT molecular complexity index is 448. The van der Waals surface area contributed by atoms with Gasteiger partial charge in [0.05, 0.1) is 5.75 Å². The molecule has 1 fully saturated rings. The van der Waals surface area contributed by atoms with Crippen molar-refractivity contribution in [1.29, 1.82) is 0 Å². The number of aromatic amines is 1. The van der Waals surface area contributed by atoms with Crippen LogP contribution in [0.25, 0.3) is 0 Å². The third kappa shape index (κ3) is 4.90. The van der Waals surface area contributed by atoms with E-state index in [9.17, 15) is 4.79 Å². The predicted molar refractivity (Wildman–Crippen MR) is 75.1 cm³/mol. The van der Waals surface area contributed by atoms with Gasteiger partial charge in [0.1, 0.15) is 0 Å². The van der Waals surface area contributed by atoms with Crippen LogP contribution in [0.4, 0.5) is 5.95 Å². The Kier molecular flexibility index (Phi) is 5.20. The second-order valence-corrected chi connectivity index (χ2v) is 5.37. The van der Waals surface area contributed by atoms with Gasteiger partial charge in [0, 0.05) is 5.71 Å². The summed E-state index contributed by atoms with van der Waals surface area (Å²) in [7, 11) is 0. The van der Waals surface area contributed by atoms with E-state index in [1.54, 1.807) is 0 Å². The predicted octanol–water partition coefficient (Wildman–Crippen LogP) is 1.50. The molecule has 0 unspecified atom stereocenters. The summed E-state index contributed by atoms with van der Waals surface area (Å²) in [5, 5.41) is 11.5. The summed E-state index contributed by atoms with van der Waals surface area (Å²) < 4.78 is 0. The minimum atomic E-state index is -0.386. The number of nitrogens with one attached hydrogen (secondary N) is 2. The van der Waals surface area contributed by atoms with Crippen LogP contribution < -0.4 is 11.2 Å². The number of hydrogen-bond acceptors (Lipinski definition) is 6. The van der Waals surface area contributed by atoms with E-state index in [1.165, 1.54) is 43.2 Å². The van der Waals surface area contributed by atoms with Gasteiger partial charge in [-0.1, -0.05) is 24.6 Å². The first-order valence-electron chi connectivity index (χ1n) is 6.39. The lowest BCUT2D eigenvalue weighted by atomic mass is 10.2. The molecule has 0 aliphatic heterocycles. The zero-order valence-electron chi connectivity index (χ0n) is 10.7. The first-order chi connectivity index (χ1) is 9.24. The number of thioether (sulfide) groups is 1. The molecule has 0 radical (unpaired) electrons. The molecule has 1 aromatic heterocycles. The summed E-state index contributed by atoms with van der Waals surface area (Å²) in [6.07, 6.45) is 7.08. The standard InChI is InChI=1S/C11H18N6OS/c12-9(18)7-19-11-13-10(16-17-11)15-14-8-5-3-1-2-4-6-8/h1-7H2,(H2,12,18)(H2,13,15,16,17). The monoisotopic (exact) mass is 282 g/mol. The van der Waals surface area contributed by atoms with Crippen LogP contribution >= 0.6 is 11.8 Å². The number of anilines is 1. The number of primary amides is 1. The first-order valence-corrected chi connectivity index (χ1v) is 7.37. The molecule has 1 aliphatic carbocycles. The SMILES string of the molecule is NC(=O)CSc1n[nH]c(NN=C2CCCCCC2)n1. The van der Waals surface area contributed by atoms with Crippen molar-refractivity contribution in [2.75, 3.05) is 11.2 Å². The van der Waals surface area contributed by atoms with Gasteiger partial charge in [0.25, 0.3) is 0 Å². The van der Waals surface area contributed by atoms with Gasteiger partial charge in [-0.3, -0.25) is 4.79 Å². The first kappa shape index (κ1) is 13.9. The number of nitrogens with two attached hydrogens (primary N) is 1. The van der Waals surface area contributed by atoms with Gasteiger partial charge in [-0.05, 0) is 25.7 Å². The smallest absolute Gasteiger partial charge is 0.240 e. The Balaban J connectivity index is 1.85. The normalized spacial score (nSPS) is 15.9. The zero-order valence-corrected chi connectivity index (χ0v) is 11.5. The van der Waals surface area contributed by atoms with Crippen LogP contribution in [-0.2, 0) is 4.79 Å². The van der Waals surface area contributed by atoms with E-state index >= 15 is 0 Å². The van der Waals surface area contributed by atoms with Gasteiger partial charge in [-0.15, -0.1) is 5.10 Å². The van der Waals surface area contributed by atoms with Crippen LogP contribution in [0.2, 0.25) is 0 Å². The maximum absolute atomic E-state index is 10.6. The molecule has 1 saturated carbocycles. The summed E-state index contributed by atoms with van der Waals surface area (Å²) in [5.74, 6) is 0.276. The van der Waals surface area contributed by atoms with Crippen LogP contribution in [0.3, 0.4) is 0 Å². The van der Waals surface area contributed by atoms with Crippen molar-refractivity contribution in [2.24, 2.45) is 10.8 Å². The van der Waals surface area contributed by atoms with Gasteiger partial charge < -0.3 is 5.73 Å². The lowest BCUT2D eigenvalue weighted by Crippen LogP contribution is -2.13. The molecule has 1 aromatic rings. The summed E-state index contributed by atoms with van der Waals surface area (Å²) >= 11 is 1.20. The van der Waals surface area contributed by atoms with E-state index in [1.807, 2.05) is 0 Å². The Hall–Kier alpha value is -1.57. The summed E-state index contributed by atoms with van der Waals surface area (Å²) in [6.45, 7) is 0. The second-order valence-electron chi connectivity index (χ2n) is 4.43. The van der Waals surface area contributed by atoms with E-state index in [2.05, 4.69) is 25.7 Å². The number of amides is 1. The van der Waals surface area contributed by atoms with E-state index in [-0.39, 0.29) is 11.7 Å². The van der Waals surface area contributed by atoms with E-state index in [0.29, 0.717) is 11.1 Å². The van der Waals surface area contributed by atoms with E-state index in [4.69, 9.17) is 5.73 Å². The molecular formula is C11H18N6OS. The van der Waals surface area contributed by atoms with Crippen molar-refractivity contribution in [3.63, 3.8) is 0 Å². The summed E-state index contributed by atoms with van der Waals surface area (Å²) in [6, 6.07) is 0. The molecule has 104 valence electrons. The van der Waals surface area contributed by atoms with Crippen molar-refractivity contribution >= 4 is 29.3 Å². The van der Waals surface area contributed by atoms with E-state index < -0.39 is 0 Å². The van der Waals surface area contributed by atoms with Crippen molar-refractivity contribution in [3.8, 4) is 0 Å². The molecule has 1 amide bonds. The van der Waals surface area contributed by atoms with Gasteiger partial charge in [0.2, 0.25) is 17.0 Å². The fraction of sp³-hybridized carbons (Fsp3) is 0.636. The largest absolute Gasteiger partial charge is 0.369 e. The van der Waals surface area contributed by atoms with Crippen LogP contribution in [0.15, 0.2) is 10.3 Å². The fourth-order valence-electron chi connectivity index (χ4n) is 1.88. The number of rotatable bonds is 5. The summed E-state index contributed by atoms with van der Waals surface area (Å²) in [4.78, 5) is 14.8. The van der Waals surface area contributed by atoms with Crippen LogP contribution in [0.5, 0.6) is 0 Å². The number of hydrogen-bond donors (Lipinski definition) is 3. The number of H-pyrrole nitrogens is 1. The van der Waals surface area contributed by atoms with Gasteiger partial charge in [-0.2, -0.15) is 10.1 Å². The third-order valence-electron chi connectivity index (χ3n) is 2.81. The molecule has 1 aliphatic rings. The number of carbonyl (C=O) groups is 1. The second kappa shape index (κ2) is 7.13. The molecule has 7 nitrogen and oxygen atoms in total. The third-order valence-corrected chi connectivity index (χ3v) is 3.68. The highest BCUT2D eigenvalue weighted by Gasteiger charge is 2.07. The lowest BCUT2D eigenvalue weighted by molar-refractivity contribution is -0.115. The Labute approximate surface area is 115 Å². The molecule has 4 N–H and O–H groups in total. The highest BCUT2D eigenvalue weighted by atomic mass is 32.2. The fourth-order valence-corrected chi connectivity index (χ4v) is 2.41. The van der Waals surface area contributed by atoms with Gasteiger partial charge >= 0.3 is 0 Å². The molecule has 1 heterocycles. The van der Waals surface area contributed by atoms with Crippen molar-refractivity contribution in [1.82, 2.24) is 15.2 Å². The minimum Gasteiger partial charge on any atom is -0.369 e. The molecule has 0 aromatic carbocycles. The topological polar surface area (TPSA) is 109 Å². The zero-order chi connectivity index (χ0) is 13.5. The summed E-state index contributed by atoms with van der Waals surface area (Å²) in [5.41, 5.74) is 9.12. The number of aromatic nitrogens is 3. The van der Waals surface area contributed by atoms with Crippen LogP contribution in [0.1, 0.15) is 38.5 Å². The molecule has 2 rings (SSSR count). The number of carbonyl (C=O) groups excluding carboxylic acids is 1. The maximum Gasteiger partial charge on any atom is 0.240 e. The molecule has 0 spiro atoms. The minimum absolute atomic E-state index is 0.172. The van der Waals surface area contributed by atoms with Crippen LogP contribution in [0, 0.1) is 0 Å². The van der Waals surface area contributed by atoms with Crippen molar-refractivity contribution < 1.29 is 4.79 Å². The van der Waals surface area contributed by atoms with Crippen LogP contribution in [-0.4, -0.2) is 32.6 Å². The van der Waals surface area contributed by atoms with Gasteiger partial charge in [0.15, 0.2) is 0 Å². The molecule has 19 heavy (non-hydrogen) atoms. The van der Waals surface area contributed by atoms with Crippen molar-refractivity contribution in [2.45, 2.75) is 43.7 Å². The molecule has 0 bridgehead atoms. The van der Waals surface area contributed by atoms with E-state index in [0.717, 1.165) is 12.8 Å². The Morgan fingerprint density at radius 3 is 2.79 bits per heavy atom.